The van der Waals surface area contributed by atoms with Crippen molar-refractivity contribution in [2.75, 3.05) is 11.4 Å². The van der Waals surface area contributed by atoms with E-state index in [9.17, 15) is 14.4 Å². The van der Waals surface area contributed by atoms with Crippen LogP contribution in [0, 0.1) is 22.2 Å². The standard InChI is InChI=1S/C34H32FN5O2S/c35-34-17-33(18-34,19-34)30(41)40(24-3-1-2-22(14-24)27-23(16-36)15-26-25(37-27)6-13-43-26)20-31-7-10-32(11-8-31,12-9-31)29-38-28(39-42-29)21-4-5-21/h1-3,6,13-15,21H,4-5,7-12,17-20H2. The number of hydrogen-bond acceptors (Lipinski definition) is 7. The van der Waals surface area contributed by atoms with Gasteiger partial charge in [0.15, 0.2) is 5.82 Å². The minimum atomic E-state index is -1.15. The molecule has 4 bridgehead atoms. The van der Waals surface area contributed by atoms with E-state index in [1.807, 2.05) is 46.7 Å². The Bertz CT molecular complexity index is 1810. The summed E-state index contributed by atoms with van der Waals surface area (Å²) in [5.74, 6) is 2.21. The van der Waals surface area contributed by atoms with Crippen molar-refractivity contribution in [1.29, 1.82) is 5.26 Å². The van der Waals surface area contributed by atoms with Crippen LogP contribution in [-0.2, 0) is 10.2 Å². The van der Waals surface area contributed by atoms with Crippen LogP contribution in [0.5, 0.6) is 0 Å². The van der Waals surface area contributed by atoms with Gasteiger partial charge >= 0.3 is 0 Å². The lowest BCUT2D eigenvalue weighted by Gasteiger charge is -2.65. The van der Waals surface area contributed by atoms with Crippen LogP contribution in [0.15, 0.2) is 46.3 Å². The Balaban J connectivity index is 1.04. The SMILES string of the molecule is N#Cc1cc2sccc2nc1-c1cccc(N(CC23CCC(c4nc(C5CC5)no4)(CC2)CC3)C(=O)C23CC(F)(C2)C3)c1. The number of carbonyl (C=O) groups excluding carboxylic acids is 1. The Hall–Kier alpha value is -3.64. The number of carbonyl (C=O) groups is 1. The number of aromatic nitrogens is 3. The van der Waals surface area contributed by atoms with Gasteiger partial charge in [-0.3, -0.25) is 4.79 Å². The summed E-state index contributed by atoms with van der Waals surface area (Å²) in [6.07, 6.45) is 9.24. The van der Waals surface area contributed by atoms with E-state index >= 15 is 0 Å². The highest BCUT2D eigenvalue weighted by atomic mass is 32.1. The Morgan fingerprint density at radius 1 is 1.07 bits per heavy atom. The van der Waals surface area contributed by atoms with Crippen molar-refractivity contribution < 1.29 is 13.7 Å². The summed E-state index contributed by atoms with van der Waals surface area (Å²) >= 11 is 1.57. The minimum Gasteiger partial charge on any atom is -0.339 e. The fraction of sp³-hybridized carbons (Fsp3) is 0.500. The molecule has 7 aliphatic rings. The van der Waals surface area contributed by atoms with E-state index in [-0.39, 0.29) is 16.7 Å². The molecule has 7 saturated carbocycles. The molecule has 0 N–H and O–H groups in total. The van der Waals surface area contributed by atoms with Crippen molar-refractivity contribution in [3.05, 3.63) is 59.1 Å². The van der Waals surface area contributed by atoms with Crippen LogP contribution in [0.1, 0.15) is 93.8 Å². The summed E-state index contributed by atoms with van der Waals surface area (Å²) in [7, 11) is 0. The average Bonchev–Trinajstić information content (AvgIpc) is 3.54. The Kier molecular flexibility index (Phi) is 5.24. The summed E-state index contributed by atoms with van der Waals surface area (Å²) in [5, 5.41) is 16.2. The van der Waals surface area contributed by atoms with Crippen molar-refractivity contribution in [2.24, 2.45) is 10.8 Å². The molecule has 11 rings (SSSR count). The van der Waals surface area contributed by atoms with Crippen LogP contribution in [0.3, 0.4) is 0 Å². The van der Waals surface area contributed by atoms with E-state index in [4.69, 9.17) is 14.5 Å². The number of thiophene rings is 1. The van der Waals surface area contributed by atoms with Crippen molar-refractivity contribution in [2.45, 2.75) is 87.6 Å². The van der Waals surface area contributed by atoms with Crippen molar-refractivity contribution >= 4 is 33.1 Å². The molecule has 0 atom stereocenters. The zero-order chi connectivity index (χ0) is 29.0. The van der Waals surface area contributed by atoms with Gasteiger partial charge in [-0.15, -0.1) is 11.3 Å². The smallest absolute Gasteiger partial charge is 0.233 e. The predicted octanol–water partition coefficient (Wildman–Crippen LogP) is 7.61. The topological polar surface area (TPSA) is 95.9 Å². The first-order valence-electron chi connectivity index (χ1n) is 15.5. The van der Waals surface area contributed by atoms with Gasteiger partial charge in [0.1, 0.15) is 11.7 Å². The van der Waals surface area contributed by atoms with Crippen LogP contribution >= 0.6 is 11.3 Å². The molecule has 7 nitrogen and oxygen atoms in total. The molecule has 9 heteroatoms. The van der Waals surface area contributed by atoms with Crippen molar-refractivity contribution in [1.82, 2.24) is 15.1 Å². The van der Waals surface area contributed by atoms with E-state index in [2.05, 4.69) is 11.2 Å². The molecule has 7 aliphatic carbocycles. The highest BCUT2D eigenvalue weighted by Gasteiger charge is 2.73. The largest absolute Gasteiger partial charge is 0.339 e. The van der Waals surface area contributed by atoms with Gasteiger partial charge < -0.3 is 9.42 Å². The second-order valence-corrected chi connectivity index (χ2v) is 15.2. The molecule has 218 valence electrons. The molecule has 0 radical (unpaired) electrons. The minimum absolute atomic E-state index is 0.00461. The van der Waals surface area contributed by atoms with Gasteiger partial charge in [0.05, 0.1) is 26.9 Å². The lowest BCUT2D eigenvalue weighted by atomic mass is 9.41. The van der Waals surface area contributed by atoms with Gasteiger partial charge in [0, 0.05) is 29.1 Å². The third-order valence-corrected chi connectivity index (χ3v) is 12.2. The lowest BCUT2D eigenvalue weighted by molar-refractivity contribution is -0.211. The number of nitrogens with zero attached hydrogens (tertiary/aromatic N) is 5. The molecule has 43 heavy (non-hydrogen) atoms. The predicted molar refractivity (Wildman–Crippen MR) is 160 cm³/mol. The van der Waals surface area contributed by atoms with Crippen molar-refractivity contribution in [3.63, 3.8) is 0 Å². The highest BCUT2D eigenvalue weighted by molar-refractivity contribution is 7.17. The van der Waals surface area contributed by atoms with Crippen LogP contribution in [0.2, 0.25) is 0 Å². The normalized spacial score (nSPS) is 32.2. The number of fused-ring (bicyclic) bond motifs is 4. The van der Waals surface area contributed by atoms with Gasteiger partial charge in [0.25, 0.3) is 0 Å². The van der Waals surface area contributed by atoms with Gasteiger partial charge in [-0.05, 0) is 106 Å². The van der Waals surface area contributed by atoms with Gasteiger partial charge in [-0.2, -0.15) is 10.2 Å². The number of halogens is 1. The van der Waals surface area contributed by atoms with E-state index < -0.39 is 11.1 Å². The summed E-state index contributed by atoms with van der Waals surface area (Å²) in [6, 6.07) is 14.1. The van der Waals surface area contributed by atoms with Crippen LogP contribution in [0.4, 0.5) is 10.1 Å². The number of anilines is 1. The molecule has 0 saturated heterocycles. The van der Waals surface area contributed by atoms with Gasteiger partial charge in [-0.1, -0.05) is 17.3 Å². The van der Waals surface area contributed by atoms with E-state index in [1.165, 1.54) is 0 Å². The summed E-state index contributed by atoms with van der Waals surface area (Å²) in [4.78, 5) is 25.9. The third-order valence-electron chi connectivity index (χ3n) is 11.4. The van der Waals surface area contributed by atoms with E-state index in [1.54, 1.807) is 11.3 Å². The maximum Gasteiger partial charge on any atom is 0.233 e. The zero-order valence-corrected chi connectivity index (χ0v) is 24.8. The maximum atomic E-state index is 14.6. The number of hydrogen-bond donors (Lipinski definition) is 0. The molecule has 4 aromatic rings. The highest BCUT2D eigenvalue weighted by Crippen LogP contribution is 2.70. The fourth-order valence-electron chi connectivity index (χ4n) is 8.59. The van der Waals surface area contributed by atoms with E-state index in [0.717, 1.165) is 84.5 Å². The first kappa shape index (κ1) is 25.8. The molecule has 0 spiro atoms. The second-order valence-electron chi connectivity index (χ2n) is 14.2. The van der Waals surface area contributed by atoms with E-state index in [0.29, 0.717) is 43.0 Å². The number of nitriles is 1. The maximum absolute atomic E-state index is 14.6. The molecule has 0 unspecified atom stereocenters. The molecular weight excluding hydrogens is 561 g/mol. The first-order valence-corrected chi connectivity index (χ1v) is 16.4. The number of alkyl halides is 1. The zero-order valence-electron chi connectivity index (χ0n) is 23.9. The Morgan fingerprint density at radius 2 is 1.84 bits per heavy atom. The molecule has 3 aromatic heterocycles. The lowest BCUT2D eigenvalue weighted by Crippen LogP contribution is -2.71. The fourth-order valence-corrected chi connectivity index (χ4v) is 9.36. The third kappa shape index (κ3) is 3.88. The molecular formula is C34H32FN5O2S. The number of pyridine rings is 1. The Labute approximate surface area is 253 Å². The van der Waals surface area contributed by atoms with Gasteiger partial charge in [-0.25, -0.2) is 9.37 Å². The number of amides is 1. The number of rotatable bonds is 7. The first-order chi connectivity index (χ1) is 20.8. The molecule has 7 fully saturated rings. The molecule has 1 amide bonds. The Morgan fingerprint density at radius 3 is 2.53 bits per heavy atom. The summed E-state index contributed by atoms with van der Waals surface area (Å²) in [5.41, 5.74) is 1.83. The van der Waals surface area contributed by atoms with Crippen molar-refractivity contribution in [3.8, 4) is 17.3 Å². The van der Waals surface area contributed by atoms with Crippen LogP contribution < -0.4 is 4.90 Å². The average molecular weight is 594 g/mol. The monoisotopic (exact) mass is 593 g/mol. The second kappa shape index (κ2) is 8.72. The van der Waals surface area contributed by atoms with Crippen LogP contribution in [-0.4, -0.2) is 33.2 Å². The number of benzene rings is 1. The molecule has 0 aliphatic heterocycles. The van der Waals surface area contributed by atoms with Gasteiger partial charge in [0.2, 0.25) is 11.8 Å². The summed E-state index contributed by atoms with van der Waals surface area (Å²) < 4.78 is 21.5. The quantitative estimate of drug-likeness (QED) is 0.219. The summed E-state index contributed by atoms with van der Waals surface area (Å²) in [6.45, 7) is 0.617. The molecule has 3 heterocycles. The van der Waals surface area contributed by atoms with Crippen LogP contribution in [0.25, 0.3) is 21.5 Å². The molecule has 1 aromatic carbocycles.